The molecule has 0 aliphatic carbocycles. The lowest BCUT2D eigenvalue weighted by atomic mass is 10.0. The Morgan fingerprint density at radius 1 is 1.09 bits per heavy atom. The first kappa shape index (κ1) is 24.1. The van der Waals surface area contributed by atoms with Crippen molar-refractivity contribution in [3.63, 3.8) is 0 Å². The molecule has 34 heavy (non-hydrogen) atoms. The number of thioether (sulfide) groups is 1. The van der Waals surface area contributed by atoms with Crippen molar-refractivity contribution in [2.24, 2.45) is 0 Å². The molecule has 0 spiro atoms. The number of nitriles is 1. The molecule has 176 valence electrons. The molecule has 2 aliphatic rings. The molecule has 2 fully saturated rings. The second-order valence-corrected chi connectivity index (χ2v) is 9.63. The number of anilines is 1. The summed E-state index contributed by atoms with van der Waals surface area (Å²) in [6.45, 7) is 3.96. The maximum Gasteiger partial charge on any atom is 0.267 e. The summed E-state index contributed by atoms with van der Waals surface area (Å²) in [5.41, 5.74) is 3.04. The lowest BCUT2D eigenvalue weighted by molar-refractivity contribution is -0.130. The number of unbranched alkanes of at least 4 members (excludes halogenated alkanes) is 1. The number of amides is 2. The molecule has 7 heteroatoms. The maximum absolute atomic E-state index is 13.6. The van der Waals surface area contributed by atoms with Gasteiger partial charge in [0.1, 0.15) is 16.7 Å². The molecule has 0 radical (unpaired) electrons. The number of morpholine rings is 1. The number of ether oxygens (including phenoxy) is 1. The summed E-state index contributed by atoms with van der Waals surface area (Å²) in [5, 5.41) is 9.99. The highest BCUT2D eigenvalue weighted by atomic mass is 32.2. The number of carbonyl (C=O) groups excluding carboxylic acids is 2. The van der Waals surface area contributed by atoms with E-state index in [2.05, 4.69) is 37.3 Å². The maximum atomic E-state index is 13.6. The van der Waals surface area contributed by atoms with Gasteiger partial charge in [-0.2, -0.15) is 5.26 Å². The van der Waals surface area contributed by atoms with Crippen molar-refractivity contribution in [2.75, 3.05) is 31.2 Å². The van der Waals surface area contributed by atoms with E-state index in [0.717, 1.165) is 24.8 Å². The van der Waals surface area contributed by atoms with Gasteiger partial charge in [0.15, 0.2) is 0 Å². The topological polar surface area (TPSA) is 73.6 Å². The molecule has 2 amide bonds. The standard InChI is InChI=1S/C27H29N3O3S/c1-2-3-7-20-10-12-21(13-11-20)18-24-26(32)30(22-8-5-4-6-9-22)27(34-24)23(19-28)25(31)29-14-16-33-17-15-29/h4-6,8-13,24H,2-3,7,14-18H2,1H3/b27-23-. The van der Waals surface area contributed by atoms with Crippen LogP contribution in [-0.2, 0) is 27.2 Å². The van der Waals surface area contributed by atoms with Crippen molar-refractivity contribution >= 4 is 29.3 Å². The molecule has 4 rings (SSSR count). The van der Waals surface area contributed by atoms with Crippen LogP contribution in [0.25, 0.3) is 0 Å². The minimum atomic E-state index is -0.405. The van der Waals surface area contributed by atoms with Crippen molar-refractivity contribution in [1.29, 1.82) is 5.26 Å². The van der Waals surface area contributed by atoms with Gasteiger partial charge in [-0.15, -0.1) is 0 Å². The van der Waals surface area contributed by atoms with Crippen LogP contribution < -0.4 is 4.90 Å². The number of para-hydroxylation sites is 1. The van der Waals surface area contributed by atoms with E-state index in [0.29, 0.717) is 43.4 Å². The molecular weight excluding hydrogens is 446 g/mol. The quantitative estimate of drug-likeness (QED) is 0.441. The number of carbonyl (C=O) groups is 2. The predicted octanol–water partition coefficient (Wildman–Crippen LogP) is 4.31. The molecule has 0 saturated carbocycles. The van der Waals surface area contributed by atoms with Gasteiger partial charge in [0, 0.05) is 18.8 Å². The van der Waals surface area contributed by atoms with Crippen LogP contribution in [0.4, 0.5) is 5.69 Å². The second-order valence-electron chi connectivity index (χ2n) is 8.44. The third-order valence-corrected chi connectivity index (χ3v) is 7.33. The Labute approximate surface area is 205 Å². The summed E-state index contributed by atoms with van der Waals surface area (Å²) in [6, 6.07) is 19.8. The Bertz CT molecular complexity index is 1090. The Kier molecular flexibility index (Phi) is 8.04. The predicted molar refractivity (Wildman–Crippen MR) is 134 cm³/mol. The number of hydrogen-bond acceptors (Lipinski definition) is 5. The van der Waals surface area contributed by atoms with Crippen LogP contribution in [0.2, 0.25) is 0 Å². The summed E-state index contributed by atoms with van der Waals surface area (Å²) in [7, 11) is 0. The van der Waals surface area contributed by atoms with Crippen LogP contribution in [-0.4, -0.2) is 48.3 Å². The summed E-state index contributed by atoms with van der Waals surface area (Å²) >= 11 is 1.31. The molecule has 2 aliphatic heterocycles. The van der Waals surface area contributed by atoms with Gasteiger partial charge in [-0.1, -0.05) is 67.6 Å². The normalized spacial score (nSPS) is 19.8. The van der Waals surface area contributed by atoms with E-state index in [1.165, 1.54) is 17.3 Å². The van der Waals surface area contributed by atoms with Crippen molar-refractivity contribution in [3.05, 3.63) is 76.3 Å². The first-order chi connectivity index (χ1) is 16.6. The van der Waals surface area contributed by atoms with Gasteiger partial charge in [0.05, 0.1) is 18.5 Å². The molecule has 0 bridgehead atoms. The molecule has 6 nitrogen and oxygen atoms in total. The third-order valence-electron chi connectivity index (χ3n) is 6.07. The van der Waals surface area contributed by atoms with Crippen molar-refractivity contribution < 1.29 is 14.3 Å². The second kappa shape index (κ2) is 11.4. The molecule has 2 aromatic carbocycles. The molecule has 2 saturated heterocycles. The molecule has 1 unspecified atom stereocenters. The third kappa shape index (κ3) is 5.35. The lowest BCUT2D eigenvalue weighted by Crippen LogP contribution is -2.42. The average Bonchev–Trinajstić information content (AvgIpc) is 3.20. The number of rotatable bonds is 7. The molecule has 2 aromatic rings. The van der Waals surface area contributed by atoms with E-state index in [1.54, 1.807) is 9.80 Å². The van der Waals surface area contributed by atoms with E-state index in [4.69, 9.17) is 4.74 Å². The van der Waals surface area contributed by atoms with Crippen LogP contribution in [0, 0.1) is 11.3 Å². The van der Waals surface area contributed by atoms with Gasteiger partial charge < -0.3 is 9.64 Å². The van der Waals surface area contributed by atoms with E-state index in [9.17, 15) is 14.9 Å². The first-order valence-electron chi connectivity index (χ1n) is 11.8. The highest BCUT2D eigenvalue weighted by Gasteiger charge is 2.41. The Morgan fingerprint density at radius 2 is 1.76 bits per heavy atom. The lowest BCUT2D eigenvalue weighted by Gasteiger charge is -2.27. The van der Waals surface area contributed by atoms with Gasteiger partial charge >= 0.3 is 0 Å². The van der Waals surface area contributed by atoms with Gasteiger partial charge in [-0.3, -0.25) is 14.5 Å². The van der Waals surface area contributed by atoms with Crippen LogP contribution in [0.1, 0.15) is 30.9 Å². The summed E-state index contributed by atoms with van der Waals surface area (Å²) in [6.07, 6.45) is 3.90. The van der Waals surface area contributed by atoms with Crippen LogP contribution >= 0.6 is 11.8 Å². The number of hydrogen-bond donors (Lipinski definition) is 0. The van der Waals surface area contributed by atoms with E-state index in [-0.39, 0.29) is 17.4 Å². The molecule has 0 N–H and O–H groups in total. The fourth-order valence-electron chi connectivity index (χ4n) is 4.15. The minimum Gasteiger partial charge on any atom is -0.378 e. The Hall–Kier alpha value is -3.08. The first-order valence-corrected chi connectivity index (χ1v) is 12.6. The Balaban J connectivity index is 1.63. The zero-order valence-electron chi connectivity index (χ0n) is 19.4. The minimum absolute atomic E-state index is 0.0153. The fourth-order valence-corrected chi connectivity index (χ4v) is 5.45. The monoisotopic (exact) mass is 475 g/mol. The van der Waals surface area contributed by atoms with E-state index >= 15 is 0 Å². The van der Waals surface area contributed by atoms with Crippen molar-refractivity contribution in [1.82, 2.24) is 4.90 Å². The summed E-state index contributed by atoms with van der Waals surface area (Å²) < 4.78 is 5.35. The van der Waals surface area contributed by atoms with Crippen molar-refractivity contribution in [2.45, 2.75) is 37.9 Å². The van der Waals surface area contributed by atoms with Crippen LogP contribution in [0.3, 0.4) is 0 Å². The molecule has 0 aromatic heterocycles. The largest absolute Gasteiger partial charge is 0.378 e. The molecule has 2 heterocycles. The van der Waals surface area contributed by atoms with Gasteiger partial charge in [0.25, 0.3) is 5.91 Å². The number of aryl methyl sites for hydroxylation is 1. The smallest absolute Gasteiger partial charge is 0.267 e. The SMILES string of the molecule is CCCCc1ccc(CC2S/C(=C(/C#N)C(=O)N3CCOCC3)N(c3ccccc3)C2=O)cc1. The zero-order valence-corrected chi connectivity index (χ0v) is 20.2. The van der Waals surface area contributed by atoms with Gasteiger partial charge in [-0.25, -0.2) is 0 Å². The summed E-state index contributed by atoms with van der Waals surface area (Å²) in [5.74, 6) is -0.452. The van der Waals surface area contributed by atoms with E-state index in [1.807, 2.05) is 30.3 Å². The highest BCUT2D eigenvalue weighted by molar-refractivity contribution is 8.05. The fraction of sp³-hybridized carbons (Fsp3) is 0.370. The van der Waals surface area contributed by atoms with Crippen LogP contribution in [0.15, 0.2) is 65.2 Å². The number of benzene rings is 2. The Morgan fingerprint density at radius 3 is 2.41 bits per heavy atom. The molecule has 1 atom stereocenters. The summed E-state index contributed by atoms with van der Waals surface area (Å²) in [4.78, 5) is 30.0. The average molecular weight is 476 g/mol. The highest BCUT2D eigenvalue weighted by Crippen LogP contribution is 2.42. The van der Waals surface area contributed by atoms with Gasteiger partial charge in [-0.05, 0) is 42.5 Å². The van der Waals surface area contributed by atoms with Crippen LogP contribution in [0.5, 0.6) is 0 Å². The van der Waals surface area contributed by atoms with Crippen molar-refractivity contribution in [3.8, 4) is 6.07 Å². The molecular formula is C27H29N3O3S. The number of nitrogens with zero attached hydrogens (tertiary/aromatic N) is 3. The van der Waals surface area contributed by atoms with E-state index < -0.39 is 5.25 Å². The zero-order chi connectivity index (χ0) is 23.9. The van der Waals surface area contributed by atoms with Gasteiger partial charge in [0.2, 0.25) is 5.91 Å².